The molecule has 0 bridgehead atoms. The van der Waals surface area contributed by atoms with Gasteiger partial charge in [-0.2, -0.15) is 0 Å². The molecule has 0 N–H and O–H groups in total. The predicted octanol–water partition coefficient (Wildman–Crippen LogP) is -3.06. The fraction of sp³-hybridized carbons (Fsp3) is 0. The summed E-state index contributed by atoms with van der Waals surface area (Å²) in [5.74, 6) is 0. The van der Waals surface area contributed by atoms with Gasteiger partial charge in [-0.15, -0.1) is 0 Å². The van der Waals surface area contributed by atoms with E-state index in [1.54, 1.807) is 0 Å². The van der Waals surface area contributed by atoms with Crippen LogP contribution < -0.4 is 0 Å². The Labute approximate surface area is 98.8 Å². The second-order valence-corrected chi connectivity index (χ2v) is 5.72. The summed E-state index contributed by atoms with van der Waals surface area (Å²) < 4.78 is 72.7. The van der Waals surface area contributed by atoms with Gasteiger partial charge in [0.1, 0.15) is 0 Å². The minimum Gasteiger partial charge on any atom is -0.763 e. The Kier molecular flexibility index (Phi) is 17.2. The van der Waals surface area contributed by atoms with Crippen LogP contribution in [0.5, 0.6) is 0 Å². The molecule has 0 amide bonds. The quantitative estimate of drug-likeness (QED) is 0.279. The Morgan fingerprint density at radius 1 is 0.538 bits per heavy atom. The molecule has 4 atom stereocenters. The van der Waals surface area contributed by atoms with Crippen LogP contribution in [0, 0.1) is 0 Å². The first-order valence-electron chi connectivity index (χ1n) is 1.67. The van der Waals surface area contributed by atoms with E-state index in [4.69, 9.17) is 35.0 Å². The minimum absolute atomic E-state index is 0. The summed E-state index contributed by atoms with van der Waals surface area (Å²) in [7, 11) is -11.8. The molecule has 13 heavy (non-hydrogen) atoms. The molecule has 0 aliphatic carbocycles. The summed E-state index contributed by atoms with van der Waals surface area (Å²) in [6, 6.07) is 0. The first-order chi connectivity index (χ1) is 5.29. The second kappa shape index (κ2) is 11.3. The van der Waals surface area contributed by atoms with E-state index >= 15 is 0 Å². The van der Waals surface area contributed by atoms with E-state index in [1.807, 2.05) is 0 Å². The standard InChI is InChI=1S/2H2O4S2.Sn/c2*1-5(2)6(3)4;/h2*(H,1,2)(H,3,4);/q;;+4/p-4. The van der Waals surface area contributed by atoms with E-state index in [0.717, 1.165) is 0 Å². The van der Waals surface area contributed by atoms with Crippen LogP contribution in [-0.2, 0) is 40.4 Å². The Bertz CT molecular complexity index is 172. The first kappa shape index (κ1) is 19.8. The molecule has 0 saturated carbocycles. The van der Waals surface area contributed by atoms with Gasteiger partial charge in [-0.05, 0) is 0 Å². The van der Waals surface area contributed by atoms with Gasteiger partial charge in [0.05, 0.1) is 0 Å². The van der Waals surface area contributed by atoms with Crippen molar-refractivity contribution >= 4 is 64.4 Å². The molecule has 13 heteroatoms. The van der Waals surface area contributed by atoms with Gasteiger partial charge in [-0.3, -0.25) is 16.8 Å². The average molecular weight is 375 g/mol. The molecule has 0 radical (unpaired) electrons. The Balaban J connectivity index is -0.000000143. The molecule has 76 valence electrons. The van der Waals surface area contributed by atoms with Gasteiger partial charge in [0, 0.05) is 40.4 Å². The van der Waals surface area contributed by atoms with Crippen molar-refractivity contribution in [2.24, 2.45) is 0 Å². The van der Waals surface area contributed by atoms with Gasteiger partial charge in [-0.25, -0.2) is 0 Å². The molecule has 4 unspecified atom stereocenters. The molecule has 0 spiro atoms. The van der Waals surface area contributed by atoms with Crippen LogP contribution >= 0.6 is 0 Å². The van der Waals surface area contributed by atoms with Gasteiger partial charge >= 0.3 is 23.9 Å². The van der Waals surface area contributed by atoms with E-state index < -0.39 is 40.4 Å². The molecule has 0 aromatic heterocycles. The molecule has 0 fully saturated rings. The molecule has 0 rings (SSSR count). The number of rotatable bonds is 2. The van der Waals surface area contributed by atoms with Gasteiger partial charge < -0.3 is 18.2 Å². The molecule has 0 aromatic carbocycles. The maximum Gasteiger partial charge on any atom is 4.00 e. The van der Waals surface area contributed by atoms with E-state index in [2.05, 4.69) is 0 Å². The van der Waals surface area contributed by atoms with Crippen molar-refractivity contribution in [1.29, 1.82) is 0 Å². The van der Waals surface area contributed by atoms with Crippen molar-refractivity contribution in [2.75, 3.05) is 0 Å². The topological polar surface area (TPSA) is 161 Å². The van der Waals surface area contributed by atoms with Gasteiger partial charge in [0.25, 0.3) is 0 Å². The predicted molar refractivity (Wildman–Crippen MR) is 41.4 cm³/mol. The second-order valence-electron chi connectivity index (χ2n) is 0.816. The Hall–Kier alpha value is 1.24. The molecule has 0 aliphatic rings. The summed E-state index contributed by atoms with van der Waals surface area (Å²) in [6.07, 6.45) is 0. The van der Waals surface area contributed by atoms with E-state index in [0.29, 0.717) is 0 Å². The normalized spacial score (nSPS) is 18.2. The summed E-state index contributed by atoms with van der Waals surface area (Å²) in [6.45, 7) is 0. The molecule has 0 aromatic rings. The van der Waals surface area contributed by atoms with Crippen molar-refractivity contribution in [2.45, 2.75) is 0 Å². The van der Waals surface area contributed by atoms with Crippen molar-refractivity contribution in [1.82, 2.24) is 0 Å². The van der Waals surface area contributed by atoms with Crippen LogP contribution in [0.25, 0.3) is 0 Å². The zero-order chi connectivity index (χ0) is 10.3. The van der Waals surface area contributed by atoms with Crippen LogP contribution in [0.4, 0.5) is 0 Å². The van der Waals surface area contributed by atoms with Gasteiger partial charge in [-0.1, -0.05) is 0 Å². The third kappa shape index (κ3) is 19.6. The van der Waals surface area contributed by atoms with Gasteiger partial charge in [0.2, 0.25) is 0 Å². The molecule has 0 saturated heterocycles. The summed E-state index contributed by atoms with van der Waals surface area (Å²) in [4.78, 5) is 0. The van der Waals surface area contributed by atoms with E-state index in [1.165, 1.54) is 0 Å². The number of hydrogen-bond acceptors (Lipinski definition) is 8. The van der Waals surface area contributed by atoms with Crippen molar-refractivity contribution in [3.05, 3.63) is 0 Å². The van der Waals surface area contributed by atoms with Crippen LogP contribution in [0.2, 0.25) is 0 Å². The van der Waals surface area contributed by atoms with Gasteiger partial charge in [0.15, 0.2) is 0 Å². The third-order valence-electron chi connectivity index (χ3n) is 0.222. The zero-order valence-corrected chi connectivity index (χ0v) is 11.5. The van der Waals surface area contributed by atoms with Crippen molar-refractivity contribution in [3.63, 3.8) is 0 Å². The molecule has 0 heterocycles. The average Bonchev–Trinajstić information content (AvgIpc) is 1.88. The zero-order valence-electron chi connectivity index (χ0n) is 5.40. The molecule has 0 aliphatic heterocycles. The maximum absolute atomic E-state index is 9.09. The smallest absolute Gasteiger partial charge is 0.763 e. The summed E-state index contributed by atoms with van der Waals surface area (Å²) in [5.41, 5.74) is 0. The van der Waals surface area contributed by atoms with Crippen LogP contribution in [0.1, 0.15) is 0 Å². The summed E-state index contributed by atoms with van der Waals surface area (Å²) in [5, 5.41) is 0. The summed E-state index contributed by atoms with van der Waals surface area (Å²) >= 11 is 0. The largest absolute Gasteiger partial charge is 4.00 e. The number of hydrogen-bond donors (Lipinski definition) is 0. The van der Waals surface area contributed by atoms with E-state index in [9.17, 15) is 0 Å². The Morgan fingerprint density at radius 3 is 0.615 bits per heavy atom. The Morgan fingerprint density at radius 2 is 0.615 bits per heavy atom. The third-order valence-corrected chi connectivity index (χ3v) is 2.00. The van der Waals surface area contributed by atoms with Crippen molar-refractivity contribution in [3.8, 4) is 0 Å². The van der Waals surface area contributed by atoms with E-state index in [-0.39, 0.29) is 23.9 Å². The van der Waals surface area contributed by atoms with Crippen LogP contribution in [0.15, 0.2) is 0 Å². The molecule has 8 nitrogen and oxygen atoms in total. The monoisotopic (exact) mass is 376 g/mol. The van der Waals surface area contributed by atoms with Crippen LogP contribution in [0.3, 0.4) is 0 Å². The van der Waals surface area contributed by atoms with Crippen LogP contribution in [-0.4, -0.2) is 59.0 Å². The SMILES string of the molecule is O=S([O-])S(=O)[O-].O=S([O-])S(=O)[O-].[Sn+4]. The molecular formula is O8S4Sn. The first-order valence-corrected chi connectivity index (χ1v) is 7.00. The fourth-order valence-electron chi connectivity index (χ4n) is 0. The molecular weight excluding hydrogens is 375 g/mol. The fourth-order valence-corrected chi connectivity index (χ4v) is 0. The minimum atomic E-state index is -2.95. The van der Waals surface area contributed by atoms with Crippen molar-refractivity contribution < 1.29 is 35.0 Å². The maximum atomic E-state index is 9.09.